The minimum atomic E-state index is -0.0168. The topological polar surface area (TPSA) is 148 Å². The van der Waals surface area contributed by atoms with E-state index >= 15 is 0 Å². The molecule has 0 atom stereocenters. The van der Waals surface area contributed by atoms with Crippen molar-refractivity contribution in [2.45, 2.75) is 12.8 Å². The predicted octanol–water partition coefficient (Wildman–Crippen LogP) is 1.22. The number of hydrazine groups is 1. The fourth-order valence-electron chi connectivity index (χ4n) is 3.36. The Balaban J connectivity index is 1.85. The highest BCUT2D eigenvalue weighted by Gasteiger charge is 2.30. The number of carbonyl (C=O) groups excluding carboxylic acids is 1. The lowest BCUT2D eigenvalue weighted by Gasteiger charge is -2.14. The summed E-state index contributed by atoms with van der Waals surface area (Å²) in [6.45, 7) is 0. The number of hydrogen-bond donors (Lipinski definition) is 4. The molecule has 1 aliphatic carbocycles. The number of nitrogens with zero attached hydrogens (tertiary/aromatic N) is 5. The van der Waals surface area contributed by atoms with E-state index in [-0.39, 0.29) is 17.7 Å². The Kier molecular flexibility index (Phi) is 5.34. The van der Waals surface area contributed by atoms with E-state index in [0.717, 1.165) is 23.5 Å². The van der Waals surface area contributed by atoms with Crippen molar-refractivity contribution >= 4 is 28.9 Å². The number of hydrogen-bond acceptors (Lipinski definition) is 8. The molecule has 0 saturated heterocycles. The second kappa shape index (κ2) is 8.11. The summed E-state index contributed by atoms with van der Waals surface area (Å²) in [5.41, 5.74) is 8.15. The molecule has 11 heteroatoms. The molecule has 3 aromatic rings. The number of nitrogens with two attached hydrogens (primary N) is 2. The van der Waals surface area contributed by atoms with Gasteiger partial charge >= 0.3 is 0 Å². The summed E-state index contributed by atoms with van der Waals surface area (Å²) < 4.78 is 7.53. The van der Waals surface area contributed by atoms with Gasteiger partial charge in [-0.1, -0.05) is 6.07 Å². The third-order valence-electron chi connectivity index (χ3n) is 4.96. The smallest absolute Gasteiger partial charge is 0.228 e. The lowest BCUT2D eigenvalue weighted by atomic mass is 10.1. The molecule has 1 aromatic carbocycles. The van der Waals surface area contributed by atoms with Gasteiger partial charge in [0.15, 0.2) is 17.5 Å². The van der Waals surface area contributed by atoms with Gasteiger partial charge in [-0.25, -0.2) is 20.9 Å². The number of aromatic nitrogens is 3. The number of ether oxygens (including phenoxy) is 1. The van der Waals surface area contributed by atoms with E-state index in [9.17, 15) is 4.79 Å². The molecule has 1 amide bonds. The highest BCUT2D eigenvalue weighted by Crippen LogP contribution is 2.35. The summed E-state index contributed by atoms with van der Waals surface area (Å²) in [6, 6.07) is 5.50. The molecule has 1 saturated carbocycles. The number of anilines is 2. The van der Waals surface area contributed by atoms with Crippen LogP contribution in [0.15, 0.2) is 35.7 Å². The number of amidine groups is 1. The van der Waals surface area contributed by atoms with Crippen LogP contribution in [0.25, 0.3) is 16.9 Å². The lowest BCUT2D eigenvalue weighted by molar-refractivity contribution is -0.117. The first-order valence-electron chi connectivity index (χ1n) is 9.80. The molecule has 31 heavy (non-hydrogen) atoms. The van der Waals surface area contributed by atoms with Gasteiger partial charge in [-0.15, -0.1) is 5.10 Å². The Bertz CT molecular complexity index is 1160. The van der Waals surface area contributed by atoms with Crippen LogP contribution in [-0.4, -0.2) is 52.4 Å². The SMILES string of the molecule is CNc1nc(-c2cccc(/C(N)=N/N(C)N)c2OC)n2cc(NC(=O)C3CC3)ncc12. The van der Waals surface area contributed by atoms with Gasteiger partial charge in [0, 0.05) is 20.0 Å². The van der Waals surface area contributed by atoms with E-state index in [1.165, 1.54) is 0 Å². The average molecular weight is 423 g/mol. The highest BCUT2D eigenvalue weighted by atomic mass is 16.5. The third kappa shape index (κ3) is 3.94. The summed E-state index contributed by atoms with van der Waals surface area (Å²) in [5, 5.41) is 11.2. The van der Waals surface area contributed by atoms with Gasteiger partial charge in [0.1, 0.15) is 17.1 Å². The number of carbonyl (C=O) groups is 1. The second-order valence-electron chi connectivity index (χ2n) is 7.27. The van der Waals surface area contributed by atoms with Gasteiger partial charge in [0.2, 0.25) is 5.91 Å². The largest absolute Gasteiger partial charge is 0.495 e. The van der Waals surface area contributed by atoms with Crippen LogP contribution >= 0.6 is 0 Å². The molecule has 2 heterocycles. The first-order valence-corrected chi connectivity index (χ1v) is 9.80. The minimum absolute atomic E-state index is 0.0168. The number of rotatable bonds is 7. The van der Waals surface area contributed by atoms with Crippen molar-refractivity contribution in [1.29, 1.82) is 0 Å². The highest BCUT2D eigenvalue weighted by molar-refractivity contribution is 6.02. The van der Waals surface area contributed by atoms with E-state index < -0.39 is 0 Å². The van der Waals surface area contributed by atoms with E-state index in [0.29, 0.717) is 34.3 Å². The average Bonchev–Trinajstić information content (AvgIpc) is 3.54. The Morgan fingerprint density at radius 3 is 2.81 bits per heavy atom. The van der Waals surface area contributed by atoms with E-state index in [4.69, 9.17) is 21.3 Å². The summed E-state index contributed by atoms with van der Waals surface area (Å²) in [6.07, 6.45) is 5.24. The summed E-state index contributed by atoms with van der Waals surface area (Å²) in [7, 11) is 4.92. The fraction of sp³-hybridized carbons (Fsp3) is 0.300. The number of fused-ring (bicyclic) bond motifs is 1. The van der Waals surface area contributed by atoms with Crippen LogP contribution in [0.1, 0.15) is 18.4 Å². The maximum Gasteiger partial charge on any atom is 0.228 e. The summed E-state index contributed by atoms with van der Waals surface area (Å²) in [4.78, 5) is 21.3. The standard InChI is InChI=1S/C20H25N9O2/c1-23-18-14-9-24-15(25-20(30)11-7-8-11)10-29(14)19(26-18)13-6-4-5-12(16(13)31-3)17(21)27-28(2)22/h4-6,9-11,23H,7-8,22H2,1-3H3,(H2,21,27)(H,25,30). The van der Waals surface area contributed by atoms with Crippen LogP contribution in [0.5, 0.6) is 5.75 Å². The molecule has 162 valence electrons. The van der Waals surface area contributed by atoms with Crippen molar-refractivity contribution < 1.29 is 9.53 Å². The Morgan fingerprint density at radius 1 is 1.39 bits per heavy atom. The number of hydrazone groups is 1. The Labute approximate surface area is 179 Å². The summed E-state index contributed by atoms with van der Waals surface area (Å²) in [5.74, 6) is 8.06. The summed E-state index contributed by atoms with van der Waals surface area (Å²) >= 11 is 0. The van der Waals surface area contributed by atoms with Crippen LogP contribution in [0.4, 0.5) is 11.6 Å². The third-order valence-corrected chi connectivity index (χ3v) is 4.96. The molecular weight excluding hydrogens is 398 g/mol. The maximum atomic E-state index is 12.2. The molecule has 0 spiro atoms. The van der Waals surface area contributed by atoms with E-state index in [1.54, 1.807) is 39.7 Å². The molecule has 2 aromatic heterocycles. The molecule has 1 fully saturated rings. The second-order valence-corrected chi connectivity index (χ2v) is 7.27. The van der Waals surface area contributed by atoms with Gasteiger partial charge in [0.25, 0.3) is 0 Å². The van der Waals surface area contributed by atoms with Gasteiger partial charge in [-0.3, -0.25) is 9.20 Å². The monoisotopic (exact) mass is 423 g/mol. The van der Waals surface area contributed by atoms with Crippen molar-refractivity contribution in [1.82, 2.24) is 19.5 Å². The molecule has 4 rings (SSSR count). The molecule has 11 nitrogen and oxygen atoms in total. The molecule has 0 unspecified atom stereocenters. The normalized spacial score (nSPS) is 13.9. The van der Waals surface area contributed by atoms with Crippen molar-refractivity contribution in [2.75, 3.05) is 31.8 Å². The first-order chi connectivity index (χ1) is 14.9. The van der Waals surface area contributed by atoms with E-state index in [2.05, 4.69) is 20.7 Å². The van der Waals surface area contributed by atoms with Crippen molar-refractivity contribution in [3.8, 4) is 17.1 Å². The molecule has 0 radical (unpaired) electrons. The zero-order chi connectivity index (χ0) is 22.1. The van der Waals surface area contributed by atoms with Crippen molar-refractivity contribution in [2.24, 2.45) is 22.6 Å². The maximum absolute atomic E-state index is 12.2. The Hall–Kier alpha value is -3.86. The molecule has 6 N–H and O–H groups in total. The number of nitrogens with one attached hydrogen (secondary N) is 2. The number of methoxy groups -OCH3 is 1. The van der Waals surface area contributed by atoms with Crippen LogP contribution in [0.3, 0.4) is 0 Å². The first kappa shape index (κ1) is 20.4. The quantitative estimate of drug-likeness (QED) is 0.192. The van der Waals surface area contributed by atoms with Crippen LogP contribution in [0.2, 0.25) is 0 Å². The number of amides is 1. The van der Waals surface area contributed by atoms with Gasteiger partial charge < -0.3 is 21.1 Å². The van der Waals surface area contributed by atoms with Crippen LogP contribution < -0.4 is 26.9 Å². The molecule has 1 aliphatic rings. The number of benzene rings is 1. The predicted molar refractivity (Wildman–Crippen MR) is 119 cm³/mol. The molecule has 0 bridgehead atoms. The van der Waals surface area contributed by atoms with E-state index in [1.807, 2.05) is 16.5 Å². The zero-order valence-electron chi connectivity index (χ0n) is 17.6. The van der Waals surface area contributed by atoms with Crippen LogP contribution in [-0.2, 0) is 4.79 Å². The van der Waals surface area contributed by atoms with Gasteiger partial charge in [0.05, 0.1) is 30.6 Å². The van der Waals surface area contributed by atoms with Crippen LogP contribution in [0, 0.1) is 5.92 Å². The Morgan fingerprint density at radius 2 is 2.16 bits per heavy atom. The fourth-order valence-corrected chi connectivity index (χ4v) is 3.36. The molecular formula is C20H25N9O2. The van der Waals surface area contributed by atoms with Crippen molar-refractivity contribution in [3.05, 3.63) is 36.2 Å². The molecule has 0 aliphatic heterocycles. The van der Waals surface area contributed by atoms with Crippen molar-refractivity contribution in [3.63, 3.8) is 0 Å². The van der Waals surface area contributed by atoms with Gasteiger partial charge in [-0.2, -0.15) is 0 Å². The zero-order valence-corrected chi connectivity index (χ0v) is 17.6. The minimum Gasteiger partial charge on any atom is -0.495 e. The number of para-hydroxylation sites is 1. The lowest BCUT2D eigenvalue weighted by Crippen LogP contribution is -2.26. The van der Waals surface area contributed by atoms with Gasteiger partial charge in [-0.05, 0) is 25.0 Å². The number of imidazole rings is 1.